The first-order chi connectivity index (χ1) is 6.19. The Balaban J connectivity index is 2.78. The number of hydrogen-bond donors (Lipinski definition) is 1. The second-order valence-electron chi connectivity index (χ2n) is 3.04. The molecule has 0 aliphatic rings. The van der Waals surface area contributed by atoms with Crippen LogP contribution in [-0.2, 0) is 0 Å². The molecule has 0 aliphatic carbocycles. The number of nitriles is 1. The van der Waals surface area contributed by atoms with E-state index in [0.29, 0.717) is 6.42 Å². The highest BCUT2D eigenvalue weighted by Gasteiger charge is 2.19. The van der Waals surface area contributed by atoms with Gasteiger partial charge in [0.15, 0.2) is 0 Å². The van der Waals surface area contributed by atoms with Crippen LogP contribution >= 0.6 is 11.3 Å². The average molecular weight is 195 g/mol. The first-order valence-corrected chi connectivity index (χ1v) is 5.14. The van der Waals surface area contributed by atoms with Gasteiger partial charge in [0, 0.05) is 9.75 Å². The third-order valence-electron chi connectivity index (χ3n) is 2.04. The first kappa shape index (κ1) is 10.2. The first-order valence-electron chi connectivity index (χ1n) is 4.33. The molecule has 1 heterocycles. The summed E-state index contributed by atoms with van der Waals surface area (Å²) in [5.74, 6) is -0.280. The number of rotatable bonds is 3. The maximum absolute atomic E-state index is 9.78. The van der Waals surface area contributed by atoms with Crippen LogP contribution in [0.1, 0.15) is 29.2 Å². The predicted molar refractivity (Wildman–Crippen MR) is 53.4 cm³/mol. The second kappa shape index (κ2) is 4.40. The second-order valence-corrected chi connectivity index (χ2v) is 4.36. The SMILES string of the molecule is CCC(C#N)C(O)c1ccc(C)s1. The highest BCUT2D eigenvalue weighted by atomic mass is 32.1. The molecule has 0 amide bonds. The molecule has 0 spiro atoms. The zero-order chi connectivity index (χ0) is 9.84. The highest BCUT2D eigenvalue weighted by molar-refractivity contribution is 7.12. The van der Waals surface area contributed by atoms with Gasteiger partial charge in [0.05, 0.1) is 12.0 Å². The van der Waals surface area contributed by atoms with Gasteiger partial charge in [-0.2, -0.15) is 5.26 Å². The molecule has 2 unspecified atom stereocenters. The van der Waals surface area contributed by atoms with Crippen molar-refractivity contribution in [3.8, 4) is 6.07 Å². The van der Waals surface area contributed by atoms with Gasteiger partial charge in [-0.3, -0.25) is 0 Å². The molecule has 0 saturated heterocycles. The molecular formula is C10H13NOS. The Kier molecular flexibility index (Phi) is 3.47. The summed E-state index contributed by atoms with van der Waals surface area (Å²) in [5, 5.41) is 18.5. The number of hydrogen-bond acceptors (Lipinski definition) is 3. The van der Waals surface area contributed by atoms with Crippen molar-refractivity contribution in [2.24, 2.45) is 5.92 Å². The smallest absolute Gasteiger partial charge is 0.104 e. The Labute approximate surface area is 82.4 Å². The molecule has 0 radical (unpaired) electrons. The molecule has 0 saturated carbocycles. The van der Waals surface area contributed by atoms with Crippen molar-refractivity contribution >= 4 is 11.3 Å². The van der Waals surface area contributed by atoms with Gasteiger partial charge in [0.1, 0.15) is 6.10 Å². The van der Waals surface area contributed by atoms with E-state index < -0.39 is 6.10 Å². The molecule has 0 aliphatic heterocycles. The van der Waals surface area contributed by atoms with Crippen LogP contribution in [0.25, 0.3) is 0 Å². The van der Waals surface area contributed by atoms with E-state index in [1.165, 1.54) is 4.88 Å². The highest BCUT2D eigenvalue weighted by Crippen LogP contribution is 2.29. The maximum atomic E-state index is 9.78. The molecule has 3 heteroatoms. The van der Waals surface area contributed by atoms with E-state index in [-0.39, 0.29) is 5.92 Å². The van der Waals surface area contributed by atoms with Crippen molar-refractivity contribution in [3.05, 3.63) is 21.9 Å². The number of aliphatic hydroxyl groups is 1. The molecule has 2 nitrogen and oxygen atoms in total. The van der Waals surface area contributed by atoms with Crippen LogP contribution in [0.2, 0.25) is 0 Å². The van der Waals surface area contributed by atoms with Gasteiger partial charge in [0.25, 0.3) is 0 Å². The van der Waals surface area contributed by atoms with Crippen LogP contribution in [0.4, 0.5) is 0 Å². The molecule has 0 fully saturated rings. The summed E-state index contributed by atoms with van der Waals surface area (Å²) in [6.45, 7) is 3.91. The summed E-state index contributed by atoms with van der Waals surface area (Å²) >= 11 is 1.55. The van der Waals surface area contributed by atoms with Gasteiger partial charge in [-0.15, -0.1) is 11.3 Å². The summed E-state index contributed by atoms with van der Waals surface area (Å²) in [6, 6.07) is 5.98. The van der Waals surface area contributed by atoms with E-state index in [2.05, 4.69) is 6.07 Å². The zero-order valence-corrected chi connectivity index (χ0v) is 8.64. The van der Waals surface area contributed by atoms with Gasteiger partial charge in [-0.05, 0) is 25.5 Å². The van der Waals surface area contributed by atoms with Crippen LogP contribution in [0, 0.1) is 24.2 Å². The Hall–Kier alpha value is -0.850. The minimum Gasteiger partial charge on any atom is -0.386 e. The van der Waals surface area contributed by atoms with Crippen LogP contribution in [0.15, 0.2) is 12.1 Å². The number of aryl methyl sites for hydroxylation is 1. The van der Waals surface area contributed by atoms with Crippen LogP contribution in [-0.4, -0.2) is 5.11 Å². The fraction of sp³-hybridized carbons (Fsp3) is 0.500. The summed E-state index contributed by atoms with van der Waals surface area (Å²) in [6.07, 6.45) is 0.0722. The van der Waals surface area contributed by atoms with Crippen LogP contribution < -0.4 is 0 Å². The molecule has 70 valence electrons. The summed E-state index contributed by atoms with van der Waals surface area (Å²) in [5.41, 5.74) is 0. The van der Waals surface area contributed by atoms with Gasteiger partial charge < -0.3 is 5.11 Å². The Morgan fingerprint density at radius 3 is 2.69 bits per heavy atom. The molecule has 0 aromatic carbocycles. The number of thiophene rings is 1. The molecule has 1 rings (SSSR count). The zero-order valence-electron chi connectivity index (χ0n) is 7.82. The molecule has 13 heavy (non-hydrogen) atoms. The molecule has 1 N–H and O–H groups in total. The normalized spacial score (nSPS) is 14.9. The molecule has 1 aromatic heterocycles. The molecule has 0 bridgehead atoms. The lowest BCUT2D eigenvalue weighted by Gasteiger charge is -2.12. The van der Waals surface area contributed by atoms with E-state index in [0.717, 1.165) is 4.88 Å². The Morgan fingerprint density at radius 1 is 1.62 bits per heavy atom. The van der Waals surface area contributed by atoms with Crippen molar-refractivity contribution in [2.45, 2.75) is 26.4 Å². The van der Waals surface area contributed by atoms with E-state index >= 15 is 0 Å². The minimum atomic E-state index is -0.617. The quantitative estimate of drug-likeness (QED) is 0.805. The van der Waals surface area contributed by atoms with E-state index in [9.17, 15) is 5.11 Å². The summed E-state index contributed by atoms with van der Waals surface area (Å²) in [4.78, 5) is 2.06. The van der Waals surface area contributed by atoms with Gasteiger partial charge in [-0.25, -0.2) is 0 Å². The average Bonchev–Trinajstić information content (AvgIpc) is 2.54. The standard InChI is InChI=1S/C10H13NOS/c1-3-8(6-11)10(12)9-5-4-7(2)13-9/h4-5,8,10,12H,3H2,1-2H3. The lowest BCUT2D eigenvalue weighted by Crippen LogP contribution is -2.07. The molecule has 1 aromatic rings. The minimum absolute atomic E-state index is 0.280. The fourth-order valence-electron chi connectivity index (χ4n) is 1.20. The summed E-state index contributed by atoms with van der Waals surface area (Å²) < 4.78 is 0. The lowest BCUT2D eigenvalue weighted by molar-refractivity contribution is 0.136. The van der Waals surface area contributed by atoms with E-state index in [1.54, 1.807) is 11.3 Å². The van der Waals surface area contributed by atoms with Crippen LogP contribution in [0.3, 0.4) is 0 Å². The van der Waals surface area contributed by atoms with Crippen molar-refractivity contribution < 1.29 is 5.11 Å². The summed E-state index contributed by atoms with van der Waals surface area (Å²) in [7, 11) is 0. The third-order valence-corrected chi connectivity index (χ3v) is 3.11. The Bertz CT molecular complexity index is 313. The molecule has 2 atom stereocenters. The lowest BCUT2D eigenvalue weighted by atomic mass is 10.0. The van der Waals surface area contributed by atoms with Gasteiger partial charge in [-0.1, -0.05) is 6.92 Å². The maximum Gasteiger partial charge on any atom is 0.104 e. The van der Waals surface area contributed by atoms with Gasteiger partial charge >= 0.3 is 0 Å². The molecular weight excluding hydrogens is 182 g/mol. The van der Waals surface area contributed by atoms with E-state index in [1.807, 2.05) is 26.0 Å². The van der Waals surface area contributed by atoms with E-state index in [4.69, 9.17) is 5.26 Å². The van der Waals surface area contributed by atoms with Crippen LogP contribution in [0.5, 0.6) is 0 Å². The fourth-order valence-corrected chi connectivity index (χ4v) is 2.12. The van der Waals surface area contributed by atoms with Crippen molar-refractivity contribution in [1.82, 2.24) is 0 Å². The largest absolute Gasteiger partial charge is 0.386 e. The number of nitrogens with zero attached hydrogens (tertiary/aromatic N) is 1. The topological polar surface area (TPSA) is 44.0 Å². The van der Waals surface area contributed by atoms with Crippen molar-refractivity contribution in [2.75, 3.05) is 0 Å². The monoisotopic (exact) mass is 195 g/mol. The predicted octanol–water partition coefficient (Wildman–Crippen LogP) is 2.64. The van der Waals surface area contributed by atoms with Gasteiger partial charge in [0.2, 0.25) is 0 Å². The van der Waals surface area contributed by atoms with Crippen molar-refractivity contribution in [1.29, 1.82) is 5.26 Å². The number of aliphatic hydroxyl groups excluding tert-OH is 1. The third kappa shape index (κ3) is 2.30. The Morgan fingerprint density at radius 2 is 2.31 bits per heavy atom. The van der Waals surface area contributed by atoms with Crippen molar-refractivity contribution in [3.63, 3.8) is 0 Å².